The normalized spacial score (nSPS) is 32.8. The number of rotatable bonds is 3. The van der Waals surface area contributed by atoms with E-state index < -0.39 is 0 Å². The molecular formula is C16H23BrN2. The fourth-order valence-corrected chi connectivity index (χ4v) is 4.43. The monoisotopic (exact) mass is 322 g/mol. The van der Waals surface area contributed by atoms with Crippen LogP contribution >= 0.6 is 15.9 Å². The molecule has 1 aromatic rings. The molecule has 3 unspecified atom stereocenters. The largest absolute Gasteiger partial charge is 0.378 e. The Kier molecular flexibility index (Phi) is 3.38. The van der Waals surface area contributed by atoms with Gasteiger partial charge in [0.25, 0.3) is 0 Å². The zero-order chi connectivity index (χ0) is 13.6. The average molecular weight is 323 g/mol. The van der Waals surface area contributed by atoms with Gasteiger partial charge in [-0.3, -0.25) is 0 Å². The van der Waals surface area contributed by atoms with Gasteiger partial charge in [0.1, 0.15) is 0 Å². The molecule has 3 N–H and O–H groups in total. The number of hydrogen-bond donors (Lipinski definition) is 2. The molecule has 0 aromatic heterocycles. The van der Waals surface area contributed by atoms with Gasteiger partial charge in [-0.1, -0.05) is 15.9 Å². The number of hydrogen-bond acceptors (Lipinski definition) is 2. The SMILES string of the molecule is Cc1cc(NC2(CN)CC3CCC2C3)cc(C)c1Br. The Bertz CT molecular complexity index is 477. The number of fused-ring (bicyclic) bond motifs is 2. The molecule has 3 heteroatoms. The number of benzene rings is 1. The molecule has 2 aliphatic carbocycles. The molecular weight excluding hydrogens is 300 g/mol. The lowest BCUT2D eigenvalue weighted by molar-refractivity contribution is 0.306. The molecule has 0 heterocycles. The Morgan fingerprint density at radius 3 is 2.47 bits per heavy atom. The highest BCUT2D eigenvalue weighted by Gasteiger charge is 2.50. The molecule has 0 radical (unpaired) electrons. The fraction of sp³-hybridized carbons (Fsp3) is 0.625. The molecule has 0 aliphatic heterocycles. The number of halogens is 1. The lowest BCUT2D eigenvalue weighted by atomic mass is 9.80. The van der Waals surface area contributed by atoms with Gasteiger partial charge in [0.05, 0.1) is 5.54 Å². The van der Waals surface area contributed by atoms with Crippen molar-refractivity contribution in [2.75, 3.05) is 11.9 Å². The first-order valence-electron chi connectivity index (χ1n) is 7.29. The summed E-state index contributed by atoms with van der Waals surface area (Å²) in [4.78, 5) is 0. The van der Waals surface area contributed by atoms with Gasteiger partial charge in [-0.2, -0.15) is 0 Å². The summed E-state index contributed by atoms with van der Waals surface area (Å²) in [6, 6.07) is 4.47. The van der Waals surface area contributed by atoms with Gasteiger partial charge in [0.15, 0.2) is 0 Å². The number of aryl methyl sites for hydroxylation is 2. The van der Waals surface area contributed by atoms with Crippen molar-refractivity contribution in [2.45, 2.75) is 45.1 Å². The van der Waals surface area contributed by atoms with E-state index in [2.05, 4.69) is 47.2 Å². The molecule has 0 amide bonds. The maximum Gasteiger partial charge on any atom is 0.0526 e. The molecule has 2 nitrogen and oxygen atoms in total. The van der Waals surface area contributed by atoms with Gasteiger partial charge < -0.3 is 11.1 Å². The van der Waals surface area contributed by atoms with E-state index in [9.17, 15) is 0 Å². The van der Waals surface area contributed by atoms with Crippen molar-refractivity contribution in [1.29, 1.82) is 0 Å². The summed E-state index contributed by atoms with van der Waals surface area (Å²) in [5.74, 6) is 1.67. The molecule has 19 heavy (non-hydrogen) atoms. The molecule has 0 saturated heterocycles. The van der Waals surface area contributed by atoms with Crippen LogP contribution in [0.4, 0.5) is 5.69 Å². The predicted octanol–water partition coefficient (Wildman–Crippen LogP) is 4.00. The summed E-state index contributed by atoms with van der Waals surface area (Å²) in [7, 11) is 0. The van der Waals surface area contributed by atoms with E-state index in [0.29, 0.717) is 0 Å². The van der Waals surface area contributed by atoms with Crippen LogP contribution in [0.5, 0.6) is 0 Å². The van der Waals surface area contributed by atoms with E-state index in [4.69, 9.17) is 5.73 Å². The van der Waals surface area contributed by atoms with Crippen LogP contribution in [0.2, 0.25) is 0 Å². The van der Waals surface area contributed by atoms with E-state index in [-0.39, 0.29) is 5.54 Å². The highest BCUT2D eigenvalue weighted by molar-refractivity contribution is 9.10. The van der Waals surface area contributed by atoms with Gasteiger partial charge in [-0.15, -0.1) is 0 Å². The predicted molar refractivity (Wildman–Crippen MR) is 84.5 cm³/mol. The average Bonchev–Trinajstić information content (AvgIpc) is 2.96. The van der Waals surface area contributed by atoms with Crippen LogP contribution < -0.4 is 11.1 Å². The first-order chi connectivity index (χ1) is 9.04. The molecule has 3 rings (SSSR count). The van der Waals surface area contributed by atoms with Crippen molar-refractivity contribution in [2.24, 2.45) is 17.6 Å². The summed E-state index contributed by atoms with van der Waals surface area (Å²) < 4.78 is 1.22. The third-order valence-electron chi connectivity index (χ3n) is 5.17. The van der Waals surface area contributed by atoms with Gasteiger partial charge in [-0.25, -0.2) is 0 Å². The zero-order valence-corrected chi connectivity index (χ0v) is 13.4. The first kappa shape index (κ1) is 13.4. The van der Waals surface area contributed by atoms with Crippen molar-refractivity contribution in [1.82, 2.24) is 0 Å². The van der Waals surface area contributed by atoms with Crippen LogP contribution in [-0.2, 0) is 0 Å². The molecule has 2 aliphatic rings. The van der Waals surface area contributed by atoms with Crippen molar-refractivity contribution < 1.29 is 0 Å². The Hall–Kier alpha value is -0.540. The van der Waals surface area contributed by atoms with Crippen molar-refractivity contribution >= 4 is 21.6 Å². The molecule has 2 saturated carbocycles. The fourth-order valence-electron chi connectivity index (χ4n) is 4.20. The number of nitrogens with one attached hydrogen (secondary N) is 1. The summed E-state index contributed by atoms with van der Waals surface area (Å²) in [6.45, 7) is 5.05. The molecule has 2 bridgehead atoms. The van der Waals surface area contributed by atoms with E-state index in [0.717, 1.165) is 18.4 Å². The third-order valence-corrected chi connectivity index (χ3v) is 6.42. The van der Waals surface area contributed by atoms with Crippen LogP contribution in [0.15, 0.2) is 16.6 Å². The second-order valence-corrected chi connectivity index (χ2v) is 7.28. The topological polar surface area (TPSA) is 38.0 Å². The van der Waals surface area contributed by atoms with Crippen LogP contribution in [0.3, 0.4) is 0 Å². The lowest BCUT2D eigenvalue weighted by Gasteiger charge is -2.39. The van der Waals surface area contributed by atoms with E-state index >= 15 is 0 Å². The Labute approximate surface area is 124 Å². The Morgan fingerprint density at radius 2 is 2.00 bits per heavy atom. The highest BCUT2D eigenvalue weighted by Crippen LogP contribution is 2.51. The van der Waals surface area contributed by atoms with Crippen LogP contribution in [0.1, 0.15) is 36.8 Å². The quantitative estimate of drug-likeness (QED) is 0.882. The maximum absolute atomic E-state index is 6.14. The second kappa shape index (κ2) is 4.78. The summed E-state index contributed by atoms with van der Waals surface area (Å²) in [5, 5.41) is 3.80. The van der Waals surface area contributed by atoms with E-state index in [1.54, 1.807) is 0 Å². The number of nitrogens with two attached hydrogens (primary N) is 1. The minimum atomic E-state index is 0.148. The Morgan fingerprint density at radius 1 is 1.32 bits per heavy atom. The molecule has 3 atom stereocenters. The van der Waals surface area contributed by atoms with Crippen molar-refractivity contribution in [3.63, 3.8) is 0 Å². The molecule has 1 aromatic carbocycles. The number of anilines is 1. The first-order valence-corrected chi connectivity index (χ1v) is 8.08. The standard InChI is InChI=1S/C16H23BrN2/c1-10-5-14(6-11(2)15(10)17)19-16(9-18)8-12-3-4-13(16)7-12/h5-6,12-13,19H,3-4,7-9,18H2,1-2H3. The lowest BCUT2D eigenvalue weighted by Crippen LogP contribution is -2.49. The van der Waals surface area contributed by atoms with E-state index in [1.165, 1.54) is 47.0 Å². The smallest absolute Gasteiger partial charge is 0.0526 e. The minimum absolute atomic E-state index is 0.148. The van der Waals surface area contributed by atoms with Crippen molar-refractivity contribution in [3.8, 4) is 0 Å². The zero-order valence-electron chi connectivity index (χ0n) is 11.8. The summed E-state index contributed by atoms with van der Waals surface area (Å²) in [6.07, 6.45) is 5.39. The second-order valence-electron chi connectivity index (χ2n) is 6.49. The van der Waals surface area contributed by atoms with Crippen LogP contribution in [0.25, 0.3) is 0 Å². The highest BCUT2D eigenvalue weighted by atomic mass is 79.9. The van der Waals surface area contributed by atoms with Crippen LogP contribution in [-0.4, -0.2) is 12.1 Å². The maximum atomic E-state index is 6.14. The van der Waals surface area contributed by atoms with Gasteiger partial charge >= 0.3 is 0 Å². The molecule has 104 valence electrons. The molecule has 2 fully saturated rings. The van der Waals surface area contributed by atoms with Gasteiger partial charge in [0.2, 0.25) is 0 Å². The van der Waals surface area contributed by atoms with Crippen molar-refractivity contribution in [3.05, 3.63) is 27.7 Å². The molecule has 0 spiro atoms. The van der Waals surface area contributed by atoms with Gasteiger partial charge in [0, 0.05) is 16.7 Å². The summed E-state index contributed by atoms with van der Waals surface area (Å²) in [5.41, 5.74) is 10.1. The third kappa shape index (κ3) is 2.21. The van der Waals surface area contributed by atoms with Crippen LogP contribution in [0, 0.1) is 25.7 Å². The van der Waals surface area contributed by atoms with E-state index in [1.807, 2.05) is 0 Å². The Balaban J connectivity index is 1.88. The van der Waals surface area contributed by atoms with Gasteiger partial charge in [-0.05, 0) is 74.6 Å². The summed E-state index contributed by atoms with van der Waals surface area (Å²) >= 11 is 3.64. The minimum Gasteiger partial charge on any atom is -0.378 e.